The van der Waals surface area contributed by atoms with Crippen LogP contribution in [0.1, 0.15) is 45.7 Å². The number of benzene rings is 1. The van der Waals surface area contributed by atoms with E-state index in [1.54, 1.807) is 0 Å². The molecule has 0 aliphatic carbocycles. The summed E-state index contributed by atoms with van der Waals surface area (Å²) < 4.78 is 0. The Morgan fingerprint density at radius 1 is 1.29 bits per heavy atom. The lowest BCUT2D eigenvalue weighted by Gasteiger charge is -2.45. The third-order valence-electron chi connectivity index (χ3n) is 4.65. The van der Waals surface area contributed by atoms with Crippen LogP contribution in [0.25, 0.3) is 0 Å². The van der Waals surface area contributed by atoms with Crippen molar-refractivity contribution in [1.29, 1.82) is 0 Å². The van der Waals surface area contributed by atoms with Crippen LogP contribution in [0, 0.1) is 5.92 Å². The predicted molar refractivity (Wildman–Crippen MR) is 92.3 cm³/mol. The Hall–Kier alpha value is -0.280. The van der Waals surface area contributed by atoms with E-state index in [2.05, 4.69) is 44.0 Å². The van der Waals surface area contributed by atoms with Crippen molar-refractivity contribution >= 4 is 23.2 Å². The number of rotatable bonds is 4. The largest absolute Gasteiger partial charge is 0.311 e. The van der Waals surface area contributed by atoms with Crippen molar-refractivity contribution < 1.29 is 0 Å². The number of nitrogens with one attached hydrogen (secondary N) is 1. The first kappa shape index (κ1) is 17.1. The minimum absolute atomic E-state index is 0.304. The van der Waals surface area contributed by atoms with Gasteiger partial charge in [0.25, 0.3) is 0 Å². The summed E-state index contributed by atoms with van der Waals surface area (Å²) in [5.41, 5.74) is 1.17. The van der Waals surface area contributed by atoms with Crippen LogP contribution in [0.3, 0.4) is 0 Å². The van der Waals surface area contributed by atoms with Gasteiger partial charge in [-0.3, -0.25) is 4.90 Å². The van der Waals surface area contributed by atoms with E-state index in [0.29, 0.717) is 29.1 Å². The molecule has 1 aliphatic rings. The molecule has 3 unspecified atom stereocenters. The normalized spacial score (nSPS) is 25.3. The molecule has 3 atom stereocenters. The van der Waals surface area contributed by atoms with Crippen LogP contribution in [0.4, 0.5) is 0 Å². The summed E-state index contributed by atoms with van der Waals surface area (Å²) in [5, 5.41) is 5.13. The van der Waals surface area contributed by atoms with E-state index in [9.17, 15) is 0 Å². The zero-order valence-electron chi connectivity index (χ0n) is 13.4. The van der Waals surface area contributed by atoms with Crippen molar-refractivity contribution in [2.24, 2.45) is 5.92 Å². The molecule has 4 heteroatoms. The highest BCUT2D eigenvalue weighted by atomic mass is 35.5. The van der Waals surface area contributed by atoms with Gasteiger partial charge in [-0.15, -0.1) is 0 Å². The van der Waals surface area contributed by atoms with Crippen LogP contribution in [0.5, 0.6) is 0 Å². The van der Waals surface area contributed by atoms with Crippen molar-refractivity contribution in [3.8, 4) is 0 Å². The van der Waals surface area contributed by atoms with E-state index < -0.39 is 0 Å². The van der Waals surface area contributed by atoms with Gasteiger partial charge in [-0.25, -0.2) is 0 Å². The third-order valence-corrected chi connectivity index (χ3v) is 5.21. The maximum absolute atomic E-state index is 6.41. The fraction of sp³-hybridized carbons (Fsp3) is 0.647. The van der Waals surface area contributed by atoms with E-state index in [4.69, 9.17) is 23.2 Å². The standard InChI is InChI=1S/C17H26Cl2N2/c1-5-14-10-21(17(9-20-14)11(2)3)12(4)15-7-6-13(18)8-16(15)19/h6-8,11-12,14,17,20H,5,9-10H2,1-4H3. The summed E-state index contributed by atoms with van der Waals surface area (Å²) in [5.74, 6) is 0.615. The molecule has 1 heterocycles. The Balaban J connectivity index is 2.25. The fourth-order valence-electron chi connectivity index (χ4n) is 3.22. The van der Waals surface area contributed by atoms with Gasteiger partial charge >= 0.3 is 0 Å². The Morgan fingerprint density at radius 2 is 2.00 bits per heavy atom. The maximum Gasteiger partial charge on any atom is 0.0468 e. The molecule has 1 saturated heterocycles. The van der Waals surface area contributed by atoms with Crippen molar-refractivity contribution in [1.82, 2.24) is 10.2 Å². The summed E-state index contributed by atoms with van der Waals surface area (Å²) >= 11 is 12.4. The Kier molecular flexibility index (Phi) is 5.96. The minimum atomic E-state index is 0.304. The van der Waals surface area contributed by atoms with E-state index in [-0.39, 0.29) is 0 Å². The monoisotopic (exact) mass is 328 g/mol. The molecule has 1 N–H and O–H groups in total. The van der Waals surface area contributed by atoms with Crippen LogP contribution >= 0.6 is 23.2 Å². The van der Waals surface area contributed by atoms with Gasteiger partial charge in [-0.05, 0) is 37.0 Å². The molecular weight excluding hydrogens is 303 g/mol. The summed E-state index contributed by atoms with van der Waals surface area (Å²) in [6.45, 7) is 11.2. The van der Waals surface area contributed by atoms with Crippen LogP contribution < -0.4 is 5.32 Å². The molecule has 2 nitrogen and oxygen atoms in total. The van der Waals surface area contributed by atoms with Gasteiger partial charge in [0.1, 0.15) is 0 Å². The molecule has 1 aliphatic heterocycles. The van der Waals surface area contributed by atoms with Gasteiger partial charge in [0.2, 0.25) is 0 Å². The average molecular weight is 329 g/mol. The van der Waals surface area contributed by atoms with E-state index in [1.807, 2.05) is 12.1 Å². The molecule has 2 rings (SSSR count). The zero-order valence-corrected chi connectivity index (χ0v) is 14.9. The average Bonchev–Trinajstić information content (AvgIpc) is 2.45. The second kappa shape index (κ2) is 7.32. The van der Waals surface area contributed by atoms with Gasteiger partial charge in [0.15, 0.2) is 0 Å². The maximum atomic E-state index is 6.41. The molecule has 21 heavy (non-hydrogen) atoms. The van der Waals surface area contributed by atoms with Crippen LogP contribution in [0.15, 0.2) is 18.2 Å². The van der Waals surface area contributed by atoms with Crippen molar-refractivity contribution in [2.75, 3.05) is 13.1 Å². The molecule has 0 aromatic heterocycles. The molecular formula is C17H26Cl2N2. The number of hydrogen-bond donors (Lipinski definition) is 1. The van der Waals surface area contributed by atoms with Gasteiger partial charge < -0.3 is 5.32 Å². The lowest BCUT2D eigenvalue weighted by molar-refractivity contribution is 0.0611. The highest BCUT2D eigenvalue weighted by Gasteiger charge is 2.33. The molecule has 1 fully saturated rings. The van der Waals surface area contributed by atoms with Crippen molar-refractivity contribution in [3.05, 3.63) is 33.8 Å². The lowest BCUT2D eigenvalue weighted by atomic mass is 9.94. The summed E-state index contributed by atoms with van der Waals surface area (Å²) in [6.07, 6.45) is 1.16. The molecule has 0 saturated carbocycles. The SMILES string of the molecule is CCC1CN(C(C)c2ccc(Cl)cc2Cl)C(C(C)C)CN1. The lowest BCUT2D eigenvalue weighted by Crippen LogP contribution is -2.58. The second-order valence-electron chi connectivity index (χ2n) is 6.36. The summed E-state index contributed by atoms with van der Waals surface area (Å²) in [6, 6.07) is 7.25. The Bertz CT molecular complexity index is 476. The molecule has 118 valence electrons. The third kappa shape index (κ3) is 3.92. The van der Waals surface area contributed by atoms with Crippen molar-refractivity contribution in [2.45, 2.75) is 52.2 Å². The number of hydrogen-bond acceptors (Lipinski definition) is 2. The quantitative estimate of drug-likeness (QED) is 0.856. The van der Waals surface area contributed by atoms with Gasteiger partial charge in [-0.1, -0.05) is 50.0 Å². The highest BCUT2D eigenvalue weighted by molar-refractivity contribution is 6.35. The fourth-order valence-corrected chi connectivity index (χ4v) is 3.78. The minimum Gasteiger partial charge on any atom is -0.311 e. The Morgan fingerprint density at radius 3 is 2.57 bits per heavy atom. The topological polar surface area (TPSA) is 15.3 Å². The molecule has 1 aromatic carbocycles. The highest BCUT2D eigenvalue weighted by Crippen LogP contribution is 2.33. The van der Waals surface area contributed by atoms with E-state index in [1.165, 1.54) is 5.56 Å². The van der Waals surface area contributed by atoms with Gasteiger partial charge in [-0.2, -0.15) is 0 Å². The van der Waals surface area contributed by atoms with Crippen LogP contribution in [-0.2, 0) is 0 Å². The van der Waals surface area contributed by atoms with Gasteiger partial charge in [0.05, 0.1) is 0 Å². The molecule has 0 spiro atoms. The first-order chi connectivity index (χ1) is 9.93. The van der Waals surface area contributed by atoms with Gasteiger partial charge in [0, 0.05) is 41.3 Å². The first-order valence-electron chi connectivity index (χ1n) is 7.88. The number of piperazine rings is 1. The predicted octanol–water partition coefficient (Wildman–Crippen LogP) is 4.76. The summed E-state index contributed by atoms with van der Waals surface area (Å²) in [4.78, 5) is 2.60. The molecule has 0 bridgehead atoms. The molecule has 0 radical (unpaired) electrons. The smallest absolute Gasteiger partial charge is 0.0468 e. The van der Waals surface area contributed by atoms with Crippen LogP contribution in [-0.4, -0.2) is 30.1 Å². The van der Waals surface area contributed by atoms with Crippen LogP contribution in [0.2, 0.25) is 10.0 Å². The molecule has 1 aromatic rings. The number of nitrogens with zero attached hydrogens (tertiary/aromatic N) is 1. The van der Waals surface area contributed by atoms with Crippen molar-refractivity contribution in [3.63, 3.8) is 0 Å². The first-order valence-corrected chi connectivity index (χ1v) is 8.63. The molecule has 0 amide bonds. The number of halogens is 2. The second-order valence-corrected chi connectivity index (χ2v) is 7.21. The van der Waals surface area contributed by atoms with E-state index in [0.717, 1.165) is 24.5 Å². The Labute approximate surface area is 138 Å². The zero-order chi connectivity index (χ0) is 15.6. The van der Waals surface area contributed by atoms with E-state index >= 15 is 0 Å². The summed E-state index contributed by atoms with van der Waals surface area (Å²) in [7, 11) is 0.